The van der Waals surface area contributed by atoms with Crippen LogP contribution in [0, 0.1) is 6.92 Å². The summed E-state index contributed by atoms with van der Waals surface area (Å²) in [6.45, 7) is 0.275. The predicted molar refractivity (Wildman–Crippen MR) is 62.7 cm³/mol. The normalized spacial score (nSPS) is 12.9. The lowest BCUT2D eigenvalue weighted by Gasteiger charge is -2.07. The number of rotatable bonds is 3. The van der Waals surface area contributed by atoms with Gasteiger partial charge in [0.05, 0.1) is 2.74 Å². The van der Waals surface area contributed by atoms with Crippen LogP contribution in [0.3, 0.4) is 0 Å². The van der Waals surface area contributed by atoms with Crippen molar-refractivity contribution in [3.8, 4) is 0 Å². The molecule has 2 rings (SSSR count). The van der Waals surface area contributed by atoms with Crippen LogP contribution in [0.1, 0.15) is 13.9 Å². The minimum Gasteiger partial charge on any atom is -0.366 e. The highest BCUT2D eigenvalue weighted by atomic mass is 15.0. The summed E-state index contributed by atoms with van der Waals surface area (Å²) in [6, 6.07) is 12.7. The molecular weight excluding hydrogens is 184 g/mol. The lowest BCUT2D eigenvalue weighted by Crippen LogP contribution is -2.02. The highest BCUT2D eigenvalue weighted by molar-refractivity contribution is 5.43. The van der Waals surface area contributed by atoms with E-state index >= 15 is 0 Å². The fourth-order valence-electron chi connectivity index (χ4n) is 1.27. The van der Waals surface area contributed by atoms with Crippen LogP contribution >= 0.6 is 0 Å². The predicted octanol–water partition coefficient (Wildman–Crippen LogP) is 3.00. The molecule has 1 N–H and O–H groups in total. The number of hydrogen-bond acceptors (Lipinski definition) is 2. The number of aromatic nitrogens is 1. The quantitative estimate of drug-likeness (QED) is 0.823. The van der Waals surface area contributed by atoms with E-state index in [1.54, 1.807) is 18.3 Å². The summed E-state index contributed by atoms with van der Waals surface area (Å²) in [5.41, 5.74) is 1.51. The third-order valence-electron chi connectivity index (χ3n) is 2.11. The lowest BCUT2D eigenvalue weighted by molar-refractivity contribution is 1.10. The molecule has 0 unspecified atom stereocenters. The van der Waals surface area contributed by atoms with Crippen molar-refractivity contribution in [1.82, 2.24) is 4.98 Å². The summed E-state index contributed by atoms with van der Waals surface area (Å²) in [7, 11) is 0. The van der Waals surface area contributed by atoms with Gasteiger partial charge in [0.1, 0.15) is 5.82 Å². The molecule has 2 aromatic rings. The van der Waals surface area contributed by atoms with E-state index in [0.717, 1.165) is 5.56 Å². The first-order valence-corrected chi connectivity index (χ1v) is 4.85. The number of pyridine rings is 1. The van der Waals surface area contributed by atoms with Crippen molar-refractivity contribution in [2.75, 3.05) is 5.32 Å². The highest BCUT2D eigenvalue weighted by Crippen LogP contribution is 2.10. The zero-order chi connectivity index (χ0) is 12.3. The molecule has 2 nitrogen and oxygen atoms in total. The first-order chi connectivity index (χ1) is 8.09. The van der Waals surface area contributed by atoms with Gasteiger partial charge in [-0.3, -0.25) is 0 Å². The maximum absolute atomic E-state index is 8.02. The molecule has 2 heteroatoms. The van der Waals surface area contributed by atoms with Crippen molar-refractivity contribution in [2.45, 2.75) is 13.4 Å². The molecule has 1 aromatic carbocycles. The summed E-state index contributed by atoms with van der Waals surface area (Å²) in [4.78, 5) is 4.14. The van der Waals surface area contributed by atoms with Crippen LogP contribution in [0.2, 0.25) is 0 Å². The van der Waals surface area contributed by atoms with Crippen LogP contribution in [0.15, 0.2) is 48.7 Å². The summed E-state index contributed by atoms with van der Waals surface area (Å²) < 4.78 is 16.0. The monoisotopic (exact) mass is 200 g/mol. The number of hydrogen-bond donors (Lipinski definition) is 1. The third-order valence-corrected chi connectivity index (χ3v) is 2.11. The van der Waals surface area contributed by atoms with Crippen molar-refractivity contribution >= 4 is 5.82 Å². The molecular formula is C13H14N2. The standard InChI is InChI=1S/C13H14N2/c1-11-6-5-9-14-13(11)15-10-12-7-3-2-4-8-12/h2-9H,10H2,1H3,(H,14,15)/i10D2. The molecule has 0 atom stereocenters. The molecule has 1 aromatic heterocycles. The van der Waals surface area contributed by atoms with Gasteiger partial charge in [0, 0.05) is 12.7 Å². The SMILES string of the molecule is [2H]C([2H])(Nc1ncccc1C)c1ccccc1. The first-order valence-electron chi connectivity index (χ1n) is 5.85. The fraction of sp³-hybridized carbons (Fsp3) is 0.154. The average Bonchev–Trinajstić information content (AvgIpc) is 2.33. The average molecular weight is 200 g/mol. The van der Waals surface area contributed by atoms with Gasteiger partial charge in [-0.1, -0.05) is 36.4 Å². The van der Waals surface area contributed by atoms with E-state index in [-0.39, 0.29) is 0 Å². The molecule has 15 heavy (non-hydrogen) atoms. The molecule has 0 aliphatic carbocycles. The summed E-state index contributed by atoms with van der Waals surface area (Å²) in [5.74, 6) is 0.571. The summed E-state index contributed by atoms with van der Waals surface area (Å²) >= 11 is 0. The molecule has 1 heterocycles. The lowest BCUT2D eigenvalue weighted by atomic mass is 10.2. The summed E-state index contributed by atoms with van der Waals surface area (Å²) in [5, 5.41) is 2.83. The number of anilines is 1. The Kier molecular flexibility index (Phi) is 2.29. The van der Waals surface area contributed by atoms with Gasteiger partial charge >= 0.3 is 0 Å². The molecule has 0 amide bonds. The Morgan fingerprint density at radius 1 is 1.20 bits per heavy atom. The van der Waals surface area contributed by atoms with E-state index in [1.807, 2.05) is 37.3 Å². The van der Waals surface area contributed by atoms with Gasteiger partial charge in [0.2, 0.25) is 0 Å². The molecule has 0 aliphatic rings. The van der Waals surface area contributed by atoms with Crippen LogP contribution in [-0.4, -0.2) is 4.98 Å². The van der Waals surface area contributed by atoms with E-state index < -0.39 is 6.50 Å². The number of nitrogens with zero attached hydrogens (tertiary/aromatic N) is 1. The summed E-state index contributed by atoms with van der Waals surface area (Å²) in [6.07, 6.45) is 1.65. The van der Waals surface area contributed by atoms with Crippen molar-refractivity contribution in [1.29, 1.82) is 0 Å². The largest absolute Gasteiger partial charge is 0.366 e. The Morgan fingerprint density at radius 2 is 2.00 bits per heavy atom. The number of nitrogens with one attached hydrogen (secondary N) is 1. The smallest absolute Gasteiger partial charge is 0.129 e. The molecule has 0 bridgehead atoms. The number of aryl methyl sites for hydroxylation is 1. The second kappa shape index (κ2) is 4.60. The zero-order valence-electron chi connectivity index (χ0n) is 10.6. The fourth-order valence-corrected chi connectivity index (χ4v) is 1.27. The van der Waals surface area contributed by atoms with E-state index in [9.17, 15) is 0 Å². The van der Waals surface area contributed by atoms with Gasteiger partial charge in [-0.05, 0) is 24.1 Å². The molecule has 0 aliphatic heterocycles. The Hall–Kier alpha value is -1.83. The Morgan fingerprint density at radius 3 is 2.73 bits per heavy atom. The van der Waals surface area contributed by atoms with Gasteiger partial charge in [0.15, 0.2) is 0 Å². The van der Waals surface area contributed by atoms with Gasteiger partial charge in [-0.15, -0.1) is 0 Å². The van der Waals surface area contributed by atoms with E-state index in [2.05, 4.69) is 10.3 Å². The van der Waals surface area contributed by atoms with Gasteiger partial charge in [0.25, 0.3) is 0 Å². The van der Waals surface area contributed by atoms with Crippen LogP contribution in [-0.2, 0) is 6.50 Å². The number of benzene rings is 1. The van der Waals surface area contributed by atoms with Crippen LogP contribution < -0.4 is 5.32 Å². The van der Waals surface area contributed by atoms with Crippen molar-refractivity contribution in [2.24, 2.45) is 0 Å². The second-order valence-corrected chi connectivity index (χ2v) is 3.28. The van der Waals surface area contributed by atoms with Gasteiger partial charge < -0.3 is 5.32 Å². The van der Waals surface area contributed by atoms with E-state index in [1.165, 1.54) is 0 Å². The third kappa shape index (κ3) is 2.56. The molecule has 0 saturated carbocycles. The molecule has 0 spiro atoms. The van der Waals surface area contributed by atoms with Crippen LogP contribution in [0.5, 0.6) is 0 Å². The molecule has 0 radical (unpaired) electrons. The van der Waals surface area contributed by atoms with Gasteiger partial charge in [-0.2, -0.15) is 0 Å². The maximum Gasteiger partial charge on any atom is 0.129 e. The Bertz CT molecular complexity index is 498. The van der Waals surface area contributed by atoms with Gasteiger partial charge in [-0.25, -0.2) is 4.98 Å². The van der Waals surface area contributed by atoms with Crippen molar-refractivity contribution in [3.05, 3.63) is 59.8 Å². The minimum absolute atomic E-state index is 0.571. The van der Waals surface area contributed by atoms with E-state index in [0.29, 0.717) is 11.4 Å². The first kappa shape index (κ1) is 7.46. The van der Waals surface area contributed by atoms with Crippen LogP contribution in [0.4, 0.5) is 5.82 Å². The van der Waals surface area contributed by atoms with E-state index in [4.69, 9.17) is 2.74 Å². The molecule has 0 fully saturated rings. The Labute approximate surface area is 92.8 Å². The van der Waals surface area contributed by atoms with Crippen molar-refractivity contribution in [3.63, 3.8) is 0 Å². The maximum atomic E-state index is 8.02. The van der Waals surface area contributed by atoms with Crippen LogP contribution in [0.25, 0.3) is 0 Å². The Balaban J connectivity index is 2.27. The van der Waals surface area contributed by atoms with Crippen molar-refractivity contribution < 1.29 is 2.74 Å². The second-order valence-electron chi connectivity index (χ2n) is 3.28. The highest BCUT2D eigenvalue weighted by Gasteiger charge is 1.97. The zero-order valence-corrected chi connectivity index (χ0v) is 8.57. The molecule has 76 valence electrons. The topological polar surface area (TPSA) is 24.9 Å². The molecule has 0 saturated heterocycles. The minimum atomic E-state index is -1.62.